The molecule has 3 aromatic carbocycles. The fourth-order valence-electron chi connectivity index (χ4n) is 3.74. The highest BCUT2D eigenvalue weighted by Gasteiger charge is 2.37. The van der Waals surface area contributed by atoms with Gasteiger partial charge in [-0.3, -0.25) is 9.10 Å². The molecule has 1 heterocycles. The Kier molecular flexibility index (Phi) is 6.91. The number of nitrogens with zero attached hydrogens (tertiary/aromatic N) is 1. The van der Waals surface area contributed by atoms with Crippen molar-refractivity contribution in [3.05, 3.63) is 89.4 Å². The van der Waals surface area contributed by atoms with E-state index in [1.54, 1.807) is 24.3 Å². The maximum absolute atomic E-state index is 13.4. The molecule has 2 atom stereocenters. The summed E-state index contributed by atoms with van der Waals surface area (Å²) in [5, 5.41) is 3.41. The molecular weight excluding hydrogens is 460 g/mol. The molecule has 0 aliphatic carbocycles. The van der Waals surface area contributed by atoms with E-state index in [1.807, 2.05) is 25.1 Å². The molecule has 1 aliphatic rings. The Balaban J connectivity index is 1.51. The van der Waals surface area contributed by atoms with E-state index >= 15 is 0 Å². The van der Waals surface area contributed by atoms with Crippen molar-refractivity contribution in [2.45, 2.75) is 36.8 Å². The standard InChI is InChI=1S/C25H25ClN2O4S/c1-18(11-12-19-7-3-2-4-8-19)27-25(29)24-17-28(22-9-5-6-10-23(22)32-24)33(30,31)21-15-13-20(26)14-16-21/h2-10,13-16,18,24H,11-12,17H2,1H3,(H,27,29)/t18-,24-/m1/s1. The van der Waals surface area contributed by atoms with E-state index in [0.29, 0.717) is 16.5 Å². The summed E-state index contributed by atoms with van der Waals surface area (Å²) in [6.45, 7) is 1.80. The van der Waals surface area contributed by atoms with Gasteiger partial charge in [0, 0.05) is 11.1 Å². The smallest absolute Gasteiger partial charge is 0.264 e. The fourth-order valence-corrected chi connectivity index (χ4v) is 5.34. The molecule has 0 radical (unpaired) electrons. The Morgan fingerprint density at radius 1 is 1.06 bits per heavy atom. The van der Waals surface area contributed by atoms with Crippen molar-refractivity contribution in [1.82, 2.24) is 5.32 Å². The SMILES string of the molecule is C[C@H](CCc1ccccc1)NC(=O)[C@H]1CN(S(=O)(=O)c2ccc(Cl)cc2)c2ccccc2O1. The number of aryl methyl sites for hydroxylation is 1. The van der Waals surface area contributed by atoms with Crippen molar-refractivity contribution in [2.24, 2.45) is 0 Å². The second-order valence-electron chi connectivity index (χ2n) is 8.00. The van der Waals surface area contributed by atoms with E-state index < -0.39 is 16.1 Å². The number of hydrogen-bond donors (Lipinski definition) is 1. The van der Waals surface area contributed by atoms with Gasteiger partial charge in [-0.15, -0.1) is 0 Å². The van der Waals surface area contributed by atoms with Crippen LogP contribution in [0.2, 0.25) is 5.02 Å². The molecule has 33 heavy (non-hydrogen) atoms. The van der Waals surface area contributed by atoms with Gasteiger partial charge >= 0.3 is 0 Å². The largest absolute Gasteiger partial charge is 0.476 e. The molecule has 172 valence electrons. The van der Waals surface area contributed by atoms with Gasteiger partial charge < -0.3 is 10.1 Å². The number of nitrogens with one attached hydrogen (secondary N) is 1. The minimum absolute atomic E-state index is 0.0963. The van der Waals surface area contributed by atoms with Crippen molar-refractivity contribution < 1.29 is 17.9 Å². The molecule has 8 heteroatoms. The number of para-hydroxylation sites is 2. The van der Waals surface area contributed by atoms with Gasteiger partial charge in [-0.05, 0) is 61.7 Å². The van der Waals surface area contributed by atoms with Crippen LogP contribution in [0.25, 0.3) is 0 Å². The number of benzene rings is 3. The Morgan fingerprint density at radius 3 is 2.45 bits per heavy atom. The van der Waals surface area contributed by atoms with Crippen LogP contribution >= 0.6 is 11.6 Å². The molecule has 0 aromatic heterocycles. The highest BCUT2D eigenvalue weighted by molar-refractivity contribution is 7.92. The van der Waals surface area contributed by atoms with Gasteiger partial charge in [-0.25, -0.2) is 8.42 Å². The van der Waals surface area contributed by atoms with Crippen LogP contribution in [-0.2, 0) is 21.2 Å². The van der Waals surface area contributed by atoms with E-state index in [-0.39, 0.29) is 23.4 Å². The zero-order chi connectivity index (χ0) is 23.4. The van der Waals surface area contributed by atoms with E-state index in [9.17, 15) is 13.2 Å². The number of rotatable bonds is 7. The molecule has 6 nitrogen and oxygen atoms in total. The Hall–Kier alpha value is -3.03. The first-order chi connectivity index (χ1) is 15.8. The predicted octanol–water partition coefficient (Wildman–Crippen LogP) is 4.43. The number of ether oxygens (including phenoxy) is 1. The van der Waals surface area contributed by atoms with Gasteiger partial charge in [0.15, 0.2) is 6.10 Å². The normalized spacial score (nSPS) is 16.4. The molecule has 0 unspecified atom stereocenters. The number of hydrogen-bond acceptors (Lipinski definition) is 4. The van der Waals surface area contributed by atoms with E-state index in [1.165, 1.54) is 34.1 Å². The summed E-state index contributed by atoms with van der Waals surface area (Å²) in [6.07, 6.45) is 0.612. The van der Waals surface area contributed by atoms with Crippen LogP contribution in [0.1, 0.15) is 18.9 Å². The van der Waals surface area contributed by atoms with E-state index in [4.69, 9.17) is 16.3 Å². The summed E-state index contributed by atoms with van der Waals surface area (Å²) in [6, 6.07) is 22.7. The van der Waals surface area contributed by atoms with Crippen molar-refractivity contribution in [1.29, 1.82) is 0 Å². The van der Waals surface area contributed by atoms with Crippen LogP contribution in [0.5, 0.6) is 5.75 Å². The third kappa shape index (κ3) is 5.31. The first-order valence-corrected chi connectivity index (χ1v) is 12.5. The molecule has 4 rings (SSSR count). The van der Waals surface area contributed by atoms with Gasteiger partial charge in [0.05, 0.1) is 17.1 Å². The van der Waals surface area contributed by atoms with Crippen LogP contribution < -0.4 is 14.4 Å². The monoisotopic (exact) mass is 484 g/mol. The van der Waals surface area contributed by atoms with Crippen LogP contribution in [0.15, 0.2) is 83.8 Å². The lowest BCUT2D eigenvalue weighted by Gasteiger charge is -2.35. The second-order valence-corrected chi connectivity index (χ2v) is 10.3. The molecule has 1 aliphatic heterocycles. The highest BCUT2D eigenvalue weighted by atomic mass is 35.5. The van der Waals surface area contributed by atoms with Gasteiger partial charge in [-0.1, -0.05) is 54.1 Å². The number of amides is 1. The minimum atomic E-state index is -3.92. The fraction of sp³-hybridized carbons (Fsp3) is 0.240. The zero-order valence-electron chi connectivity index (χ0n) is 18.1. The quantitative estimate of drug-likeness (QED) is 0.538. The Bertz CT molecular complexity index is 1220. The molecule has 0 saturated carbocycles. The maximum atomic E-state index is 13.4. The van der Waals surface area contributed by atoms with Crippen molar-refractivity contribution in [3.8, 4) is 5.75 Å². The molecule has 1 N–H and O–H groups in total. The summed E-state index contributed by atoms with van der Waals surface area (Å²) in [5.74, 6) is -0.000233. The van der Waals surface area contributed by atoms with Gasteiger partial charge in [0.2, 0.25) is 0 Å². The molecule has 0 fully saturated rings. The van der Waals surface area contributed by atoms with Crippen molar-refractivity contribution in [2.75, 3.05) is 10.8 Å². The number of carbonyl (C=O) groups is 1. The highest BCUT2D eigenvalue weighted by Crippen LogP contribution is 2.37. The third-order valence-corrected chi connectivity index (χ3v) is 7.57. The number of sulfonamides is 1. The van der Waals surface area contributed by atoms with Crippen LogP contribution in [0, 0.1) is 0 Å². The summed E-state index contributed by atoms with van der Waals surface area (Å²) >= 11 is 5.93. The number of halogens is 1. The molecular formula is C25H25ClN2O4S. The maximum Gasteiger partial charge on any atom is 0.264 e. The molecule has 3 aromatic rings. The van der Waals surface area contributed by atoms with Crippen molar-refractivity contribution >= 4 is 33.2 Å². The average Bonchev–Trinajstić information content (AvgIpc) is 2.83. The lowest BCUT2D eigenvalue weighted by molar-refractivity contribution is -0.128. The summed E-state index contributed by atoms with van der Waals surface area (Å²) in [7, 11) is -3.92. The van der Waals surface area contributed by atoms with Crippen LogP contribution in [0.4, 0.5) is 5.69 Å². The van der Waals surface area contributed by atoms with E-state index in [2.05, 4.69) is 17.4 Å². The van der Waals surface area contributed by atoms with Crippen molar-refractivity contribution in [3.63, 3.8) is 0 Å². The third-order valence-electron chi connectivity index (χ3n) is 5.53. The summed E-state index contributed by atoms with van der Waals surface area (Å²) < 4.78 is 33.9. The first-order valence-electron chi connectivity index (χ1n) is 10.7. The van der Waals surface area contributed by atoms with Crippen LogP contribution in [-0.4, -0.2) is 33.0 Å². The number of anilines is 1. The van der Waals surface area contributed by atoms with Crippen LogP contribution in [0.3, 0.4) is 0 Å². The first kappa shape index (κ1) is 23.1. The zero-order valence-corrected chi connectivity index (χ0v) is 19.7. The predicted molar refractivity (Wildman–Crippen MR) is 129 cm³/mol. The second kappa shape index (κ2) is 9.85. The lowest BCUT2D eigenvalue weighted by atomic mass is 10.1. The van der Waals surface area contributed by atoms with Gasteiger partial charge in [0.1, 0.15) is 5.75 Å². The lowest BCUT2D eigenvalue weighted by Crippen LogP contribution is -2.52. The Morgan fingerprint density at radius 2 is 1.73 bits per heavy atom. The average molecular weight is 485 g/mol. The molecule has 1 amide bonds. The number of carbonyl (C=O) groups excluding carboxylic acids is 1. The summed E-state index contributed by atoms with van der Waals surface area (Å²) in [5.41, 5.74) is 1.59. The molecule has 0 bridgehead atoms. The molecule has 0 saturated heterocycles. The molecule has 0 spiro atoms. The topological polar surface area (TPSA) is 75.7 Å². The van der Waals surface area contributed by atoms with Gasteiger partial charge in [-0.2, -0.15) is 0 Å². The summed E-state index contributed by atoms with van der Waals surface area (Å²) in [4.78, 5) is 13.1. The van der Waals surface area contributed by atoms with Gasteiger partial charge in [0.25, 0.3) is 15.9 Å². The minimum Gasteiger partial charge on any atom is -0.476 e. The number of fused-ring (bicyclic) bond motifs is 1. The van der Waals surface area contributed by atoms with E-state index in [0.717, 1.165) is 12.8 Å². The Labute approximate surface area is 199 Å².